The summed E-state index contributed by atoms with van der Waals surface area (Å²) in [7, 11) is -1.09. The molecular formula is C25H26N2O6S. The molecule has 0 unspecified atom stereocenters. The quantitative estimate of drug-likeness (QED) is 0.285. The van der Waals surface area contributed by atoms with E-state index in [9.17, 15) is 18.0 Å². The molecule has 0 amide bonds. The largest absolute Gasteiger partial charge is 0.495 e. The molecule has 1 N–H and O–H groups in total. The van der Waals surface area contributed by atoms with Crippen molar-refractivity contribution < 1.29 is 27.5 Å². The Hall–Kier alpha value is -3.69. The van der Waals surface area contributed by atoms with Gasteiger partial charge in [0.25, 0.3) is 0 Å². The van der Waals surface area contributed by atoms with Crippen molar-refractivity contribution in [1.29, 1.82) is 0 Å². The maximum Gasteiger partial charge on any atom is 0.331 e. The van der Waals surface area contributed by atoms with Gasteiger partial charge in [0.1, 0.15) is 10.6 Å². The average Bonchev–Trinajstić information content (AvgIpc) is 3.15. The molecule has 0 aliphatic rings. The van der Waals surface area contributed by atoms with Crippen LogP contribution < -0.4 is 9.46 Å². The molecule has 0 fully saturated rings. The third-order valence-electron chi connectivity index (χ3n) is 5.25. The average molecular weight is 483 g/mol. The molecule has 0 aliphatic heterocycles. The smallest absolute Gasteiger partial charge is 0.331 e. The number of rotatable bonds is 9. The molecule has 0 saturated heterocycles. The lowest BCUT2D eigenvalue weighted by Crippen LogP contribution is -2.19. The highest BCUT2D eigenvalue weighted by Gasteiger charge is 2.19. The van der Waals surface area contributed by atoms with Gasteiger partial charge in [-0.25, -0.2) is 17.9 Å². The lowest BCUT2D eigenvalue weighted by Gasteiger charge is -2.09. The number of nitrogens with zero attached hydrogens (tertiary/aromatic N) is 1. The number of hydrogen-bond donors (Lipinski definition) is 1. The first-order valence-corrected chi connectivity index (χ1v) is 11.9. The topological polar surface area (TPSA) is 104 Å². The minimum absolute atomic E-state index is 0.0584. The van der Waals surface area contributed by atoms with Crippen LogP contribution >= 0.6 is 0 Å². The van der Waals surface area contributed by atoms with Gasteiger partial charge in [0, 0.05) is 28.7 Å². The van der Waals surface area contributed by atoms with Crippen LogP contribution in [-0.2, 0) is 19.6 Å². The maximum atomic E-state index is 12.7. The van der Waals surface area contributed by atoms with Crippen LogP contribution in [0.4, 0.5) is 0 Å². The Morgan fingerprint density at radius 3 is 2.41 bits per heavy atom. The summed E-state index contributed by atoms with van der Waals surface area (Å²) in [6, 6.07) is 15.9. The van der Waals surface area contributed by atoms with Crippen molar-refractivity contribution in [3.63, 3.8) is 0 Å². The van der Waals surface area contributed by atoms with Crippen molar-refractivity contribution in [1.82, 2.24) is 9.29 Å². The Morgan fingerprint density at radius 2 is 1.76 bits per heavy atom. The minimum Gasteiger partial charge on any atom is -0.495 e. The zero-order valence-electron chi connectivity index (χ0n) is 19.4. The molecule has 3 aromatic rings. The Morgan fingerprint density at radius 1 is 1.06 bits per heavy atom. The number of ketones is 1. The number of esters is 1. The Labute approximate surface area is 198 Å². The Balaban J connectivity index is 1.69. The van der Waals surface area contributed by atoms with Gasteiger partial charge in [-0.15, -0.1) is 0 Å². The van der Waals surface area contributed by atoms with Crippen LogP contribution in [0.15, 0.2) is 65.6 Å². The van der Waals surface area contributed by atoms with E-state index >= 15 is 0 Å². The van der Waals surface area contributed by atoms with Crippen molar-refractivity contribution in [3.8, 4) is 11.4 Å². The first kappa shape index (κ1) is 24.9. The second kappa shape index (κ2) is 10.5. The molecule has 0 radical (unpaired) electrons. The summed E-state index contributed by atoms with van der Waals surface area (Å²) < 4.78 is 38.8. The molecule has 9 heteroatoms. The highest BCUT2D eigenvalue weighted by molar-refractivity contribution is 7.89. The number of carbonyl (C=O) groups excluding carboxylic acids is 2. The van der Waals surface area contributed by atoms with E-state index in [1.807, 2.05) is 48.7 Å². The monoisotopic (exact) mass is 482 g/mol. The predicted octanol–water partition coefficient (Wildman–Crippen LogP) is 3.45. The molecule has 2 aromatic carbocycles. The summed E-state index contributed by atoms with van der Waals surface area (Å²) in [6.45, 7) is 3.34. The predicted molar refractivity (Wildman–Crippen MR) is 129 cm³/mol. The van der Waals surface area contributed by atoms with Gasteiger partial charge >= 0.3 is 5.97 Å². The molecule has 8 nitrogen and oxygen atoms in total. The number of benzene rings is 2. The number of hydrogen-bond acceptors (Lipinski definition) is 6. The van der Waals surface area contributed by atoms with E-state index in [1.54, 1.807) is 12.1 Å². The Kier molecular flexibility index (Phi) is 7.70. The van der Waals surface area contributed by atoms with E-state index in [2.05, 4.69) is 4.72 Å². The van der Waals surface area contributed by atoms with E-state index in [0.29, 0.717) is 11.1 Å². The standard InChI is InChI=1S/C25H26N2O6S/c1-17-14-21(18(2)27(17)20-8-6-5-7-9-20)22(28)16-33-25(29)13-11-19-10-12-23(32-4)24(15-19)34(30,31)26-3/h5-15,26H,16H2,1-4H3/b13-11+. The molecule has 0 atom stereocenters. The third kappa shape index (κ3) is 5.44. The zero-order chi connectivity index (χ0) is 24.9. The fourth-order valence-electron chi connectivity index (χ4n) is 3.56. The highest BCUT2D eigenvalue weighted by Crippen LogP contribution is 2.25. The molecular weight excluding hydrogens is 456 g/mol. The number of methoxy groups -OCH3 is 1. The van der Waals surface area contributed by atoms with Crippen molar-refractivity contribution in [2.24, 2.45) is 0 Å². The van der Waals surface area contributed by atoms with Crippen LogP contribution in [0.25, 0.3) is 11.8 Å². The van der Waals surface area contributed by atoms with E-state index in [1.165, 1.54) is 32.4 Å². The van der Waals surface area contributed by atoms with Gasteiger partial charge in [-0.3, -0.25) is 4.79 Å². The summed E-state index contributed by atoms with van der Waals surface area (Å²) in [6.07, 6.45) is 2.54. The summed E-state index contributed by atoms with van der Waals surface area (Å²) in [5.41, 5.74) is 3.53. The molecule has 1 heterocycles. The zero-order valence-corrected chi connectivity index (χ0v) is 20.2. The van der Waals surface area contributed by atoms with Crippen LogP contribution in [0.5, 0.6) is 5.75 Å². The van der Waals surface area contributed by atoms with Crippen LogP contribution in [0.2, 0.25) is 0 Å². The van der Waals surface area contributed by atoms with Crippen molar-refractivity contribution in [2.75, 3.05) is 20.8 Å². The molecule has 0 saturated carbocycles. The van der Waals surface area contributed by atoms with Gasteiger partial charge in [0.15, 0.2) is 6.61 Å². The number of sulfonamides is 1. The van der Waals surface area contributed by atoms with Gasteiger partial charge in [-0.2, -0.15) is 0 Å². The highest BCUT2D eigenvalue weighted by atomic mass is 32.2. The summed E-state index contributed by atoms with van der Waals surface area (Å²) >= 11 is 0. The van der Waals surface area contributed by atoms with Gasteiger partial charge in [-0.1, -0.05) is 24.3 Å². The van der Waals surface area contributed by atoms with E-state index < -0.39 is 22.6 Å². The number of Topliss-reactive ketones (excluding diaryl/α,β-unsaturated/α-hetero) is 1. The fourth-order valence-corrected chi connectivity index (χ4v) is 4.49. The Bertz CT molecular complexity index is 1340. The molecule has 0 bridgehead atoms. The molecule has 34 heavy (non-hydrogen) atoms. The van der Waals surface area contributed by atoms with Gasteiger partial charge in [0.05, 0.1) is 7.11 Å². The number of nitrogens with one attached hydrogen (secondary N) is 1. The summed E-state index contributed by atoms with van der Waals surface area (Å²) in [4.78, 5) is 24.8. The molecule has 0 spiro atoms. The SMILES string of the molecule is CNS(=O)(=O)c1cc(/C=C/C(=O)OCC(=O)c2cc(C)n(-c3ccccc3)c2C)ccc1OC. The maximum absolute atomic E-state index is 12.7. The molecule has 1 aromatic heterocycles. The van der Waals surface area contributed by atoms with E-state index in [-0.39, 0.29) is 16.4 Å². The van der Waals surface area contributed by atoms with Gasteiger partial charge in [-0.05, 0) is 62.9 Å². The molecule has 3 rings (SSSR count). The second-order valence-electron chi connectivity index (χ2n) is 7.44. The van der Waals surface area contributed by atoms with Crippen LogP contribution in [0.1, 0.15) is 27.3 Å². The third-order valence-corrected chi connectivity index (χ3v) is 6.68. The number of carbonyl (C=O) groups is 2. The number of aromatic nitrogens is 1. The number of aryl methyl sites for hydroxylation is 1. The van der Waals surface area contributed by atoms with Crippen LogP contribution in [0, 0.1) is 13.8 Å². The normalized spacial score (nSPS) is 11.5. The first-order chi connectivity index (χ1) is 16.2. The van der Waals surface area contributed by atoms with Gasteiger partial charge in [0.2, 0.25) is 15.8 Å². The summed E-state index contributed by atoms with van der Waals surface area (Å²) in [5.74, 6) is -0.865. The first-order valence-electron chi connectivity index (χ1n) is 10.4. The number of ether oxygens (including phenoxy) is 2. The molecule has 178 valence electrons. The van der Waals surface area contributed by atoms with Crippen LogP contribution in [0.3, 0.4) is 0 Å². The fraction of sp³-hybridized carbons (Fsp3) is 0.200. The lowest BCUT2D eigenvalue weighted by atomic mass is 10.1. The summed E-state index contributed by atoms with van der Waals surface area (Å²) in [5, 5.41) is 0. The van der Waals surface area contributed by atoms with Crippen molar-refractivity contribution in [3.05, 3.63) is 83.2 Å². The van der Waals surface area contributed by atoms with Crippen LogP contribution in [-0.4, -0.2) is 45.5 Å². The number of para-hydroxylation sites is 1. The molecule has 0 aliphatic carbocycles. The van der Waals surface area contributed by atoms with Crippen molar-refractivity contribution in [2.45, 2.75) is 18.7 Å². The van der Waals surface area contributed by atoms with Crippen molar-refractivity contribution >= 4 is 27.9 Å². The second-order valence-corrected chi connectivity index (χ2v) is 9.29. The van der Waals surface area contributed by atoms with E-state index in [4.69, 9.17) is 9.47 Å². The minimum atomic E-state index is -3.75. The van der Waals surface area contributed by atoms with E-state index in [0.717, 1.165) is 23.2 Å². The van der Waals surface area contributed by atoms with Gasteiger partial charge < -0.3 is 14.0 Å². The lowest BCUT2D eigenvalue weighted by molar-refractivity contribution is -0.136.